The van der Waals surface area contributed by atoms with E-state index in [0.29, 0.717) is 17.1 Å². The standard InChI is InChI=1S/C19H24BrN3O2/c1-5-6-11-22-12-23-15(16(20)21-17(23)18(22)24)13-7-9-14(10-8-13)25-19(2,3)4/h7-10H,5-6,11-12H2,1-4H3. The molecule has 1 aromatic heterocycles. The minimum absolute atomic E-state index is 0.00749. The zero-order chi connectivity index (χ0) is 18.2. The first-order valence-corrected chi connectivity index (χ1v) is 9.44. The molecule has 5 nitrogen and oxygen atoms in total. The molecule has 0 radical (unpaired) electrons. The van der Waals surface area contributed by atoms with Gasteiger partial charge >= 0.3 is 0 Å². The van der Waals surface area contributed by atoms with E-state index < -0.39 is 0 Å². The predicted octanol–water partition coefficient (Wildman–Crippen LogP) is 4.70. The van der Waals surface area contributed by atoms with E-state index in [0.717, 1.165) is 36.4 Å². The Kier molecular flexibility index (Phi) is 4.91. The summed E-state index contributed by atoms with van der Waals surface area (Å²) in [5, 5.41) is 0. The van der Waals surface area contributed by atoms with Gasteiger partial charge in [-0.2, -0.15) is 0 Å². The highest BCUT2D eigenvalue weighted by Crippen LogP contribution is 2.34. The van der Waals surface area contributed by atoms with E-state index >= 15 is 0 Å². The Labute approximate surface area is 157 Å². The van der Waals surface area contributed by atoms with Crippen LogP contribution in [0, 0.1) is 0 Å². The Balaban J connectivity index is 1.88. The van der Waals surface area contributed by atoms with Crippen molar-refractivity contribution in [1.29, 1.82) is 0 Å². The Morgan fingerprint density at radius 3 is 2.52 bits per heavy atom. The van der Waals surface area contributed by atoms with Gasteiger partial charge in [-0.25, -0.2) is 4.98 Å². The summed E-state index contributed by atoms with van der Waals surface area (Å²) in [6.45, 7) is 9.53. The second-order valence-corrected chi connectivity index (χ2v) is 8.06. The molecule has 0 spiro atoms. The smallest absolute Gasteiger partial charge is 0.291 e. The van der Waals surface area contributed by atoms with E-state index in [2.05, 4.69) is 27.8 Å². The fraction of sp³-hybridized carbons (Fsp3) is 0.474. The van der Waals surface area contributed by atoms with Crippen LogP contribution in [0.1, 0.15) is 51.2 Å². The molecule has 2 aromatic rings. The summed E-state index contributed by atoms with van der Waals surface area (Å²) >= 11 is 3.51. The van der Waals surface area contributed by atoms with E-state index in [9.17, 15) is 4.79 Å². The topological polar surface area (TPSA) is 47.4 Å². The molecule has 0 saturated heterocycles. The fourth-order valence-electron chi connectivity index (χ4n) is 2.93. The lowest BCUT2D eigenvalue weighted by Gasteiger charge is -2.21. The molecule has 3 rings (SSSR count). The van der Waals surface area contributed by atoms with Crippen LogP contribution >= 0.6 is 15.9 Å². The third-order valence-corrected chi connectivity index (χ3v) is 4.60. The van der Waals surface area contributed by atoms with Crippen molar-refractivity contribution in [3.63, 3.8) is 0 Å². The Bertz CT molecular complexity index is 775. The van der Waals surface area contributed by atoms with Gasteiger partial charge in [0.05, 0.1) is 12.4 Å². The van der Waals surface area contributed by atoms with Crippen LogP contribution in [0.15, 0.2) is 28.9 Å². The van der Waals surface area contributed by atoms with Gasteiger partial charge in [-0.1, -0.05) is 13.3 Å². The third-order valence-electron chi connectivity index (χ3n) is 4.05. The van der Waals surface area contributed by atoms with Crippen molar-refractivity contribution in [3.05, 3.63) is 34.7 Å². The van der Waals surface area contributed by atoms with E-state index in [1.54, 1.807) is 0 Å². The highest BCUT2D eigenvalue weighted by molar-refractivity contribution is 9.10. The molecule has 2 heterocycles. The number of nitrogens with zero attached hydrogens (tertiary/aromatic N) is 3. The number of ether oxygens (including phenoxy) is 1. The molecule has 0 N–H and O–H groups in total. The molecule has 0 aliphatic carbocycles. The van der Waals surface area contributed by atoms with Crippen molar-refractivity contribution < 1.29 is 9.53 Å². The van der Waals surface area contributed by atoms with Crippen LogP contribution in [0.5, 0.6) is 5.75 Å². The molecule has 0 unspecified atom stereocenters. The highest BCUT2D eigenvalue weighted by atomic mass is 79.9. The van der Waals surface area contributed by atoms with Crippen LogP contribution in [0.25, 0.3) is 11.3 Å². The van der Waals surface area contributed by atoms with Gasteiger partial charge in [0, 0.05) is 12.1 Å². The number of rotatable bonds is 5. The molecule has 1 aromatic carbocycles. The number of halogens is 1. The van der Waals surface area contributed by atoms with Crippen LogP contribution in [-0.2, 0) is 6.67 Å². The molecule has 134 valence electrons. The van der Waals surface area contributed by atoms with Crippen molar-refractivity contribution in [2.45, 2.75) is 52.8 Å². The van der Waals surface area contributed by atoms with Gasteiger partial charge in [-0.05, 0) is 67.4 Å². The van der Waals surface area contributed by atoms with Crippen LogP contribution in [0.3, 0.4) is 0 Å². The number of carbonyl (C=O) groups is 1. The van der Waals surface area contributed by atoms with Crippen molar-refractivity contribution in [3.8, 4) is 17.0 Å². The Hall–Kier alpha value is -1.82. The van der Waals surface area contributed by atoms with Gasteiger partial charge < -0.3 is 14.2 Å². The number of hydrogen-bond acceptors (Lipinski definition) is 3. The first-order chi connectivity index (χ1) is 11.8. The zero-order valence-corrected chi connectivity index (χ0v) is 16.8. The van der Waals surface area contributed by atoms with Gasteiger partial charge in [0.1, 0.15) is 16.0 Å². The largest absolute Gasteiger partial charge is 0.488 e. The summed E-state index contributed by atoms with van der Waals surface area (Å²) in [5.41, 5.74) is 1.72. The fourth-order valence-corrected chi connectivity index (χ4v) is 3.54. The van der Waals surface area contributed by atoms with E-state index in [-0.39, 0.29) is 11.5 Å². The first kappa shape index (κ1) is 18.0. The number of imidazole rings is 1. The molecule has 0 fully saturated rings. The van der Waals surface area contributed by atoms with Gasteiger partial charge in [-0.3, -0.25) is 4.79 Å². The number of aromatic nitrogens is 2. The monoisotopic (exact) mass is 405 g/mol. The van der Waals surface area contributed by atoms with Crippen molar-refractivity contribution in [2.24, 2.45) is 0 Å². The van der Waals surface area contributed by atoms with Gasteiger partial charge in [0.15, 0.2) is 0 Å². The molecule has 1 aliphatic rings. The maximum absolute atomic E-state index is 12.5. The highest BCUT2D eigenvalue weighted by Gasteiger charge is 2.32. The van der Waals surface area contributed by atoms with Crippen LogP contribution < -0.4 is 4.74 Å². The first-order valence-electron chi connectivity index (χ1n) is 8.65. The maximum Gasteiger partial charge on any atom is 0.291 e. The second-order valence-electron chi connectivity index (χ2n) is 7.31. The van der Waals surface area contributed by atoms with Gasteiger partial charge in [0.25, 0.3) is 5.91 Å². The van der Waals surface area contributed by atoms with Crippen molar-refractivity contribution in [2.75, 3.05) is 6.54 Å². The van der Waals surface area contributed by atoms with E-state index in [1.165, 1.54) is 0 Å². The van der Waals surface area contributed by atoms with Crippen molar-refractivity contribution in [1.82, 2.24) is 14.5 Å². The molecule has 6 heteroatoms. The predicted molar refractivity (Wildman–Crippen MR) is 102 cm³/mol. The number of benzene rings is 1. The second kappa shape index (κ2) is 6.83. The van der Waals surface area contributed by atoms with E-state index in [4.69, 9.17) is 4.74 Å². The summed E-state index contributed by atoms with van der Waals surface area (Å²) in [6.07, 6.45) is 2.07. The Morgan fingerprint density at radius 2 is 1.92 bits per heavy atom. The van der Waals surface area contributed by atoms with Crippen molar-refractivity contribution >= 4 is 21.8 Å². The van der Waals surface area contributed by atoms with Crippen LogP contribution in [0.4, 0.5) is 0 Å². The molecular weight excluding hydrogens is 382 g/mol. The number of carbonyl (C=O) groups excluding carboxylic acids is 1. The third kappa shape index (κ3) is 3.73. The van der Waals surface area contributed by atoms with Crippen LogP contribution in [0.2, 0.25) is 0 Å². The average molecular weight is 406 g/mol. The summed E-state index contributed by atoms with van der Waals surface area (Å²) in [5.74, 6) is 1.34. The molecule has 1 aliphatic heterocycles. The van der Waals surface area contributed by atoms with E-state index in [1.807, 2.05) is 54.5 Å². The summed E-state index contributed by atoms with van der Waals surface area (Å²) in [4.78, 5) is 18.8. The lowest BCUT2D eigenvalue weighted by Crippen LogP contribution is -2.26. The van der Waals surface area contributed by atoms with Gasteiger partial charge in [-0.15, -0.1) is 0 Å². The lowest BCUT2D eigenvalue weighted by atomic mass is 10.1. The minimum atomic E-state index is -0.230. The summed E-state index contributed by atoms with van der Waals surface area (Å²) in [7, 11) is 0. The molecule has 25 heavy (non-hydrogen) atoms. The molecule has 0 saturated carbocycles. The number of fused-ring (bicyclic) bond motifs is 1. The summed E-state index contributed by atoms with van der Waals surface area (Å²) < 4.78 is 8.57. The SMILES string of the molecule is CCCCN1Cn2c(nc(Br)c2-c2ccc(OC(C)(C)C)cc2)C1=O. The minimum Gasteiger partial charge on any atom is -0.488 e. The van der Waals surface area contributed by atoms with Gasteiger partial charge in [0.2, 0.25) is 5.82 Å². The number of unbranched alkanes of at least 4 members (excludes halogenated alkanes) is 1. The lowest BCUT2D eigenvalue weighted by molar-refractivity contribution is 0.0763. The molecule has 0 bridgehead atoms. The molecular formula is C19H24BrN3O2. The van der Waals surface area contributed by atoms with Crippen LogP contribution in [-0.4, -0.2) is 32.5 Å². The quantitative estimate of drug-likeness (QED) is 0.723. The number of hydrogen-bond donors (Lipinski definition) is 0. The average Bonchev–Trinajstić information content (AvgIpc) is 3.00. The normalized spacial score (nSPS) is 14.1. The zero-order valence-electron chi connectivity index (χ0n) is 15.2. The molecule has 1 amide bonds. The molecule has 0 atom stereocenters. The maximum atomic E-state index is 12.5. The Morgan fingerprint density at radius 1 is 1.24 bits per heavy atom. The number of amides is 1. The summed E-state index contributed by atoms with van der Waals surface area (Å²) in [6, 6.07) is 7.93.